The van der Waals surface area contributed by atoms with Crippen LogP contribution in [0, 0.1) is 0 Å². The van der Waals surface area contributed by atoms with Crippen molar-refractivity contribution in [3.05, 3.63) is 81.7 Å². The lowest BCUT2D eigenvalue weighted by Crippen LogP contribution is -2.33. The van der Waals surface area contributed by atoms with Gasteiger partial charge in [0.2, 0.25) is 0 Å². The second kappa shape index (κ2) is 13.3. The van der Waals surface area contributed by atoms with Gasteiger partial charge in [0.25, 0.3) is 0 Å². The average molecular weight is 605 g/mol. The van der Waals surface area contributed by atoms with E-state index in [0.717, 1.165) is 20.9 Å². The lowest BCUT2D eigenvalue weighted by molar-refractivity contribution is 0.252. The summed E-state index contributed by atoms with van der Waals surface area (Å²) in [5.41, 5.74) is 3.59. The normalized spacial score (nSPS) is 11.0. The summed E-state index contributed by atoms with van der Waals surface area (Å²) >= 11 is 15.0. The fourth-order valence-electron chi connectivity index (χ4n) is 3.62. The molecule has 3 aromatic carbocycles. The molecule has 0 saturated carbocycles. The number of aromatic hydroxyl groups is 2. The van der Waals surface area contributed by atoms with E-state index in [2.05, 4.69) is 35.3 Å². The van der Waals surface area contributed by atoms with Gasteiger partial charge in [0.05, 0.1) is 4.21 Å². The highest BCUT2D eigenvalue weighted by Gasteiger charge is 2.16. The molecule has 0 fully saturated rings. The molecular formula is C28H27Cl2N3O4S2. The maximum atomic E-state index is 12.2. The van der Waals surface area contributed by atoms with Crippen LogP contribution in [0.1, 0.15) is 25.3 Å². The molecule has 0 spiro atoms. The number of ether oxygens (including phenoxy) is 1. The minimum absolute atomic E-state index is 0.207. The number of halogens is 2. The van der Waals surface area contributed by atoms with Crippen LogP contribution in [0.15, 0.2) is 70.3 Å². The molecule has 204 valence electrons. The Hall–Kier alpha value is -3.08. The average Bonchev–Trinajstić information content (AvgIpc) is 3.34. The smallest absolute Gasteiger partial charge is 0.319 e. The van der Waals surface area contributed by atoms with E-state index in [-0.39, 0.29) is 17.5 Å². The van der Waals surface area contributed by atoms with E-state index in [1.807, 2.05) is 23.6 Å². The SMILES string of the molecule is CC(C)c1ccc(Oc2ccc(O)c(O)c2)c(-c2ccsc2SNCCNC(=O)Nc2cc(Cl)cc(Cl)c2)c1. The quantitative estimate of drug-likeness (QED) is 0.0707. The molecule has 4 rings (SSSR count). The van der Waals surface area contributed by atoms with Gasteiger partial charge in [0, 0.05) is 46.0 Å². The van der Waals surface area contributed by atoms with Crippen LogP contribution in [-0.4, -0.2) is 29.3 Å². The second-order valence-electron chi connectivity index (χ2n) is 8.82. The Morgan fingerprint density at radius 2 is 1.72 bits per heavy atom. The molecule has 0 aliphatic rings. The number of thiophene rings is 1. The Kier molecular flexibility index (Phi) is 9.88. The lowest BCUT2D eigenvalue weighted by Gasteiger charge is -2.15. The van der Waals surface area contributed by atoms with Crippen molar-refractivity contribution in [3.8, 4) is 34.1 Å². The standard InChI is InChI=1S/C28H27Cl2N3O4S2/c1-16(2)17-3-6-26(37-21-4-5-24(34)25(35)15-21)23(11-17)22-7-10-38-27(22)39-32-9-8-31-28(36)33-20-13-18(29)12-19(30)14-20/h3-7,10-16,32,34-35H,8-9H2,1-2H3,(H2,31,33,36). The lowest BCUT2D eigenvalue weighted by atomic mass is 9.98. The number of benzene rings is 3. The van der Waals surface area contributed by atoms with E-state index in [1.54, 1.807) is 35.6 Å². The van der Waals surface area contributed by atoms with Gasteiger partial charge in [-0.05, 0) is 77.3 Å². The van der Waals surface area contributed by atoms with Crippen molar-refractivity contribution >= 4 is 58.2 Å². The highest BCUT2D eigenvalue weighted by atomic mass is 35.5. The molecule has 2 amide bonds. The molecule has 39 heavy (non-hydrogen) atoms. The third kappa shape index (κ3) is 7.97. The van der Waals surface area contributed by atoms with E-state index < -0.39 is 0 Å². The number of carbonyl (C=O) groups is 1. The van der Waals surface area contributed by atoms with Crippen molar-refractivity contribution in [1.82, 2.24) is 10.0 Å². The predicted octanol–water partition coefficient (Wildman–Crippen LogP) is 8.47. The maximum Gasteiger partial charge on any atom is 0.319 e. The summed E-state index contributed by atoms with van der Waals surface area (Å²) in [6, 6.07) is 16.9. The highest BCUT2D eigenvalue weighted by molar-refractivity contribution is 7.99. The number of hydrogen-bond acceptors (Lipinski definition) is 7. The van der Waals surface area contributed by atoms with Crippen LogP contribution in [0.4, 0.5) is 10.5 Å². The van der Waals surface area contributed by atoms with Crippen molar-refractivity contribution < 1.29 is 19.7 Å². The van der Waals surface area contributed by atoms with Crippen LogP contribution >= 0.6 is 46.5 Å². The molecule has 0 saturated heterocycles. The first-order valence-electron chi connectivity index (χ1n) is 12.0. The monoisotopic (exact) mass is 603 g/mol. The number of hydrogen-bond donors (Lipinski definition) is 5. The third-order valence-corrected chi connectivity index (χ3v) is 8.00. The number of phenolic OH excluding ortho intramolecular Hbond substituents is 2. The number of anilines is 1. The van der Waals surface area contributed by atoms with Gasteiger partial charge in [-0.1, -0.05) is 43.1 Å². The number of amides is 2. The first kappa shape index (κ1) is 28.9. The Morgan fingerprint density at radius 3 is 2.44 bits per heavy atom. The van der Waals surface area contributed by atoms with Crippen molar-refractivity contribution in [3.63, 3.8) is 0 Å². The molecule has 0 radical (unpaired) electrons. The van der Waals surface area contributed by atoms with Gasteiger partial charge in [0.15, 0.2) is 11.5 Å². The van der Waals surface area contributed by atoms with Gasteiger partial charge in [-0.15, -0.1) is 11.3 Å². The van der Waals surface area contributed by atoms with Crippen molar-refractivity contribution in [2.45, 2.75) is 24.0 Å². The van der Waals surface area contributed by atoms with E-state index >= 15 is 0 Å². The van der Waals surface area contributed by atoms with E-state index in [0.29, 0.717) is 46.2 Å². The van der Waals surface area contributed by atoms with Crippen molar-refractivity contribution in [2.75, 3.05) is 18.4 Å². The molecule has 0 aliphatic heterocycles. The van der Waals surface area contributed by atoms with Crippen LogP contribution < -0.4 is 20.1 Å². The zero-order chi connectivity index (χ0) is 27.9. The van der Waals surface area contributed by atoms with Gasteiger partial charge in [-0.2, -0.15) is 0 Å². The van der Waals surface area contributed by atoms with Gasteiger partial charge in [-0.25, -0.2) is 4.79 Å². The van der Waals surface area contributed by atoms with Gasteiger partial charge < -0.3 is 25.6 Å². The number of nitrogens with one attached hydrogen (secondary N) is 3. The van der Waals surface area contributed by atoms with Gasteiger partial charge in [0.1, 0.15) is 11.5 Å². The largest absolute Gasteiger partial charge is 0.504 e. The zero-order valence-electron chi connectivity index (χ0n) is 21.1. The van der Waals surface area contributed by atoms with E-state index in [9.17, 15) is 15.0 Å². The fraction of sp³-hybridized carbons (Fsp3) is 0.179. The molecule has 11 heteroatoms. The van der Waals surface area contributed by atoms with Crippen molar-refractivity contribution in [2.24, 2.45) is 0 Å². The van der Waals surface area contributed by atoms with Gasteiger partial charge in [-0.3, -0.25) is 4.72 Å². The molecule has 4 aromatic rings. The summed E-state index contributed by atoms with van der Waals surface area (Å²) in [5.74, 6) is 0.909. The predicted molar refractivity (Wildman–Crippen MR) is 161 cm³/mol. The van der Waals surface area contributed by atoms with Crippen LogP contribution in [0.5, 0.6) is 23.0 Å². The minimum Gasteiger partial charge on any atom is -0.504 e. The van der Waals surface area contributed by atoms with Crippen LogP contribution in [0.2, 0.25) is 10.0 Å². The Morgan fingerprint density at radius 1 is 0.949 bits per heavy atom. The Balaban J connectivity index is 1.40. The molecule has 0 aliphatic carbocycles. The van der Waals surface area contributed by atoms with E-state index in [1.165, 1.54) is 24.1 Å². The van der Waals surface area contributed by atoms with E-state index in [4.69, 9.17) is 27.9 Å². The molecule has 0 unspecified atom stereocenters. The summed E-state index contributed by atoms with van der Waals surface area (Å²) in [6.45, 7) is 5.18. The summed E-state index contributed by atoms with van der Waals surface area (Å²) < 4.78 is 10.5. The third-order valence-electron chi connectivity index (χ3n) is 5.56. The minimum atomic E-state index is -0.357. The molecule has 1 aromatic heterocycles. The maximum absolute atomic E-state index is 12.2. The Labute approximate surface area is 245 Å². The van der Waals surface area contributed by atoms with Crippen LogP contribution in [0.25, 0.3) is 11.1 Å². The van der Waals surface area contributed by atoms with Gasteiger partial charge >= 0.3 is 6.03 Å². The molecular weight excluding hydrogens is 577 g/mol. The van der Waals surface area contributed by atoms with Crippen LogP contribution in [0.3, 0.4) is 0 Å². The van der Waals surface area contributed by atoms with Crippen LogP contribution in [-0.2, 0) is 0 Å². The molecule has 7 nitrogen and oxygen atoms in total. The van der Waals surface area contributed by atoms with Crippen molar-refractivity contribution in [1.29, 1.82) is 0 Å². The molecule has 0 bridgehead atoms. The fourth-order valence-corrected chi connectivity index (χ4v) is 5.94. The number of urea groups is 1. The first-order valence-corrected chi connectivity index (χ1v) is 14.5. The molecule has 1 heterocycles. The zero-order valence-corrected chi connectivity index (χ0v) is 24.3. The number of carbonyl (C=O) groups excluding carboxylic acids is 1. The molecule has 0 atom stereocenters. The molecule has 5 N–H and O–H groups in total. The first-order chi connectivity index (χ1) is 18.7. The number of phenols is 2. The number of rotatable bonds is 10. The second-order valence-corrected chi connectivity index (χ2v) is 11.8. The topological polar surface area (TPSA) is 103 Å². The summed E-state index contributed by atoms with van der Waals surface area (Å²) in [4.78, 5) is 12.2. The summed E-state index contributed by atoms with van der Waals surface area (Å²) in [5, 5.41) is 27.9. The Bertz CT molecular complexity index is 1440. The highest BCUT2D eigenvalue weighted by Crippen LogP contribution is 2.43. The summed E-state index contributed by atoms with van der Waals surface area (Å²) in [7, 11) is 0. The summed E-state index contributed by atoms with van der Waals surface area (Å²) in [6.07, 6.45) is 0.